The van der Waals surface area contributed by atoms with Crippen LogP contribution in [0.1, 0.15) is 43.5 Å². The number of rotatable bonds is 4. The molecule has 4 heteroatoms. The number of hydrogen-bond donors (Lipinski definition) is 1. The predicted molar refractivity (Wildman–Crippen MR) is 69.3 cm³/mol. The zero-order valence-electron chi connectivity index (χ0n) is 10.1. The van der Waals surface area contributed by atoms with Crippen LogP contribution in [-0.4, -0.2) is 28.6 Å². The molecule has 1 aromatic heterocycles. The van der Waals surface area contributed by atoms with Crippen molar-refractivity contribution >= 4 is 17.3 Å². The van der Waals surface area contributed by atoms with Gasteiger partial charge in [-0.3, -0.25) is 9.69 Å². The van der Waals surface area contributed by atoms with Gasteiger partial charge in [0.15, 0.2) is 0 Å². The molecule has 1 aliphatic heterocycles. The molecule has 1 saturated heterocycles. The number of nitrogens with zero attached hydrogens (tertiary/aromatic N) is 1. The van der Waals surface area contributed by atoms with Gasteiger partial charge in [-0.15, -0.1) is 11.3 Å². The van der Waals surface area contributed by atoms with Crippen molar-refractivity contribution in [1.82, 2.24) is 4.90 Å². The lowest BCUT2D eigenvalue weighted by molar-refractivity contribution is -0.146. The summed E-state index contributed by atoms with van der Waals surface area (Å²) in [6, 6.07) is 4.14. The minimum absolute atomic E-state index is 0.274. The number of carboxylic acid groups (broad SMARTS) is 1. The maximum atomic E-state index is 11.3. The summed E-state index contributed by atoms with van der Waals surface area (Å²) in [7, 11) is 0. The number of aliphatic carboxylic acids is 1. The van der Waals surface area contributed by atoms with Crippen LogP contribution in [0.15, 0.2) is 17.5 Å². The highest BCUT2D eigenvalue weighted by atomic mass is 32.1. The van der Waals surface area contributed by atoms with Gasteiger partial charge in [-0.25, -0.2) is 0 Å². The Morgan fingerprint density at radius 1 is 1.65 bits per heavy atom. The molecule has 0 amide bonds. The summed E-state index contributed by atoms with van der Waals surface area (Å²) in [5.74, 6) is -0.667. The first-order valence-corrected chi connectivity index (χ1v) is 7.14. The lowest BCUT2D eigenvalue weighted by Gasteiger charge is -2.38. The Morgan fingerprint density at radius 3 is 3.06 bits per heavy atom. The predicted octanol–water partition coefficient (Wildman–Crippen LogP) is 3.14. The minimum atomic E-state index is -0.667. The fourth-order valence-electron chi connectivity index (χ4n) is 2.67. The molecule has 0 spiro atoms. The van der Waals surface area contributed by atoms with Gasteiger partial charge >= 0.3 is 5.97 Å². The lowest BCUT2D eigenvalue weighted by atomic mass is 9.98. The number of carbonyl (C=O) groups is 1. The van der Waals surface area contributed by atoms with E-state index in [4.69, 9.17) is 0 Å². The van der Waals surface area contributed by atoms with Crippen molar-refractivity contribution in [3.63, 3.8) is 0 Å². The molecule has 17 heavy (non-hydrogen) atoms. The molecule has 1 fully saturated rings. The highest BCUT2D eigenvalue weighted by molar-refractivity contribution is 7.10. The Balaban J connectivity index is 2.19. The van der Waals surface area contributed by atoms with Crippen LogP contribution in [0.5, 0.6) is 0 Å². The van der Waals surface area contributed by atoms with E-state index < -0.39 is 5.97 Å². The maximum absolute atomic E-state index is 11.3. The molecule has 2 atom stereocenters. The van der Waals surface area contributed by atoms with Crippen LogP contribution in [0.4, 0.5) is 0 Å². The third-order valence-corrected chi connectivity index (χ3v) is 4.46. The second-order valence-electron chi connectivity index (χ2n) is 4.53. The Labute approximate surface area is 106 Å². The number of thiophene rings is 1. The topological polar surface area (TPSA) is 40.5 Å². The van der Waals surface area contributed by atoms with E-state index in [0.717, 1.165) is 32.2 Å². The number of likely N-dealkylation sites (tertiary alicyclic amines) is 1. The molecule has 0 aliphatic carbocycles. The van der Waals surface area contributed by atoms with E-state index in [9.17, 15) is 9.90 Å². The van der Waals surface area contributed by atoms with Crippen molar-refractivity contribution < 1.29 is 9.90 Å². The Bertz CT molecular complexity index is 364. The third kappa shape index (κ3) is 2.69. The molecule has 2 heterocycles. The van der Waals surface area contributed by atoms with Gasteiger partial charge in [-0.05, 0) is 37.3 Å². The Hall–Kier alpha value is -0.870. The maximum Gasteiger partial charge on any atom is 0.320 e. The zero-order valence-corrected chi connectivity index (χ0v) is 10.9. The highest BCUT2D eigenvalue weighted by Gasteiger charge is 2.33. The van der Waals surface area contributed by atoms with Gasteiger partial charge in [-0.1, -0.05) is 19.4 Å². The molecule has 1 aliphatic rings. The molecular weight excluding hydrogens is 234 g/mol. The van der Waals surface area contributed by atoms with Gasteiger partial charge in [0, 0.05) is 10.9 Å². The third-order valence-electron chi connectivity index (χ3n) is 3.49. The summed E-state index contributed by atoms with van der Waals surface area (Å²) < 4.78 is 0. The van der Waals surface area contributed by atoms with Crippen LogP contribution in [-0.2, 0) is 4.79 Å². The van der Waals surface area contributed by atoms with Gasteiger partial charge < -0.3 is 5.11 Å². The first-order chi connectivity index (χ1) is 8.24. The first-order valence-electron chi connectivity index (χ1n) is 6.26. The van der Waals surface area contributed by atoms with Crippen molar-refractivity contribution in [1.29, 1.82) is 0 Å². The standard InChI is InChI=1S/C13H19NO2S/c1-2-10(12-7-5-9-17-12)14-8-4-3-6-11(14)13(15)16/h5,7,9-11H,2-4,6,8H2,1H3,(H,15,16). The van der Waals surface area contributed by atoms with Crippen molar-refractivity contribution in [3.8, 4) is 0 Å². The molecule has 1 N–H and O–H groups in total. The zero-order chi connectivity index (χ0) is 12.3. The summed E-state index contributed by atoms with van der Waals surface area (Å²) in [6.45, 7) is 3.05. The summed E-state index contributed by atoms with van der Waals surface area (Å²) in [4.78, 5) is 14.8. The SMILES string of the molecule is CCC(c1cccs1)N1CCCCC1C(=O)O. The van der Waals surface area contributed by atoms with Crippen molar-refractivity contribution in [2.75, 3.05) is 6.54 Å². The van der Waals surface area contributed by atoms with Crippen LogP contribution < -0.4 is 0 Å². The monoisotopic (exact) mass is 253 g/mol. The quantitative estimate of drug-likeness (QED) is 0.896. The van der Waals surface area contributed by atoms with Crippen molar-refractivity contribution in [2.24, 2.45) is 0 Å². The smallest absolute Gasteiger partial charge is 0.320 e. The van der Waals surface area contributed by atoms with Crippen LogP contribution in [0.2, 0.25) is 0 Å². The van der Waals surface area contributed by atoms with E-state index in [0.29, 0.717) is 0 Å². The van der Waals surface area contributed by atoms with Gasteiger partial charge in [0.2, 0.25) is 0 Å². The lowest BCUT2D eigenvalue weighted by Crippen LogP contribution is -2.46. The van der Waals surface area contributed by atoms with E-state index in [2.05, 4.69) is 23.3 Å². The van der Waals surface area contributed by atoms with Crippen molar-refractivity contribution in [2.45, 2.75) is 44.7 Å². The van der Waals surface area contributed by atoms with E-state index >= 15 is 0 Å². The van der Waals surface area contributed by atoms with E-state index in [1.165, 1.54) is 4.88 Å². The minimum Gasteiger partial charge on any atom is -0.480 e. The molecule has 0 bridgehead atoms. The molecule has 2 rings (SSSR count). The second kappa shape index (κ2) is 5.65. The van der Waals surface area contributed by atoms with Crippen LogP contribution in [0.3, 0.4) is 0 Å². The average molecular weight is 253 g/mol. The van der Waals surface area contributed by atoms with Gasteiger partial charge in [0.05, 0.1) is 0 Å². The average Bonchev–Trinajstić information content (AvgIpc) is 2.84. The highest BCUT2D eigenvalue weighted by Crippen LogP contribution is 2.33. The number of piperidine rings is 1. The van der Waals surface area contributed by atoms with Crippen LogP contribution >= 0.6 is 11.3 Å². The van der Waals surface area contributed by atoms with E-state index in [1.807, 2.05) is 6.07 Å². The fraction of sp³-hybridized carbons (Fsp3) is 0.615. The molecule has 0 radical (unpaired) electrons. The van der Waals surface area contributed by atoms with Gasteiger partial charge in [0.1, 0.15) is 6.04 Å². The largest absolute Gasteiger partial charge is 0.480 e. The van der Waals surface area contributed by atoms with E-state index in [-0.39, 0.29) is 12.1 Å². The summed E-state index contributed by atoms with van der Waals surface area (Å²) in [6.07, 6.45) is 3.92. The normalized spacial score (nSPS) is 23.5. The Morgan fingerprint density at radius 2 is 2.47 bits per heavy atom. The van der Waals surface area contributed by atoms with Gasteiger partial charge in [0.25, 0.3) is 0 Å². The van der Waals surface area contributed by atoms with Crippen molar-refractivity contribution in [3.05, 3.63) is 22.4 Å². The van der Waals surface area contributed by atoms with Gasteiger partial charge in [-0.2, -0.15) is 0 Å². The summed E-state index contributed by atoms with van der Waals surface area (Å²) in [5.41, 5.74) is 0. The molecule has 0 saturated carbocycles. The van der Waals surface area contributed by atoms with E-state index in [1.54, 1.807) is 11.3 Å². The number of hydrogen-bond acceptors (Lipinski definition) is 3. The number of carboxylic acids is 1. The molecule has 94 valence electrons. The molecule has 1 aromatic rings. The first kappa shape index (κ1) is 12.6. The molecule has 0 aromatic carbocycles. The van der Waals surface area contributed by atoms with Crippen LogP contribution in [0, 0.1) is 0 Å². The summed E-state index contributed by atoms with van der Waals surface area (Å²) in [5, 5.41) is 11.4. The Kier molecular flexibility index (Phi) is 4.18. The molecule has 2 unspecified atom stereocenters. The van der Waals surface area contributed by atoms with Crippen LogP contribution in [0.25, 0.3) is 0 Å². The molecule has 3 nitrogen and oxygen atoms in total. The summed E-state index contributed by atoms with van der Waals surface area (Å²) >= 11 is 1.73. The fourth-order valence-corrected chi connectivity index (χ4v) is 3.60. The molecular formula is C13H19NO2S. The second-order valence-corrected chi connectivity index (χ2v) is 5.51.